The van der Waals surface area contributed by atoms with Gasteiger partial charge in [-0.1, -0.05) is 56.6 Å². The number of carbonyl (C=O) groups is 2. The number of nitrogens with one attached hydrogen (secondary N) is 1. The standard InChI is InChI=1S/C26H26ClNO4/c1-5-32-19-12-8-16(9-13-19)20-14-21(25(30)31)23(15-22(20)27)28-24(29)17-6-10-18(11-7-17)26(2,3)4/h6-15H,5H2,1-4H3,(H,28,29)(H,30,31). The maximum Gasteiger partial charge on any atom is 0.337 e. The van der Waals surface area contributed by atoms with Gasteiger partial charge in [0.2, 0.25) is 0 Å². The van der Waals surface area contributed by atoms with Gasteiger partial charge in [-0.3, -0.25) is 4.79 Å². The van der Waals surface area contributed by atoms with Crippen LogP contribution in [-0.4, -0.2) is 23.6 Å². The smallest absolute Gasteiger partial charge is 0.337 e. The van der Waals surface area contributed by atoms with Crippen molar-refractivity contribution in [3.8, 4) is 16.9 Å². The molecule has 3 aromatic rings. The van der Waals surface area contributed by atoms with Crippen LogP contribution in [0.3, 0.4) is 0 Å². The van der Waals surface area contributed by atoms with Crippen molar-refractivity contribution in [3.63, 3.8) is 0 Å². The van der Waals surface area contributed by atoms with Crippen LogP contribution in [-0.2, 0) is 5.41 Å². The van der Waals surface area contributed by atoms with Crippen molar-refractivity contribution in [2.24, 2.45) is 0 Å². The van der Waals surface area contributed by atoms with Crippen LogP contribution in [0.4, 0.5) is 5.69 Å². The Bertz CT molecular complexity index is 1130. The van der Waals surface area contributed by atoms with Gasteiger partial charge >= 0.3 is 5.97 Å². The van der Waals surface area contributed by atoms with E-state index >= 15 is 0 Å². The highest BCUT2D eigenvalue weighted by atomic mass is 35.5. The summed E-state index contributed by atoms with van der Waals surface area (Å²) in [4.78, 5) is 24.7. The molecule has 166 valence electrons. The van der Waals surface area contributed by atoms with E-state index < -0.39 is 11.9 Å². The van der Waals surface area contributed by atoms with Gasteiger partial charge in [-0.05, 0) is 59.9 Å². The molecule has 0 aliphatic carbocycles. The van der Waals surface area contributed by atoms with Crippen LogP contribution in [0, 0.1) is 0 Å². The number of halogens is 1. The normalized spacial score (nSPS) is 11.2. The Morgan fingerprint density at radius 3 is 2.16 bits per heavy atom. The van der Waals surface area contributed by atoms with Crippen LogP contribution >= 0.6 is 11.6 Å². The van der Waals surface area contributed by atoms with E-state index in [9.17, 15) is 14.7 Å². The summed E-state index contributed by atoms with van der Waals surface area (Å²) in [5.41, 5.74) is 2.90. The monoisotopic (exact) mass is 451 g/mol. The van der Waals surface area contributed by atoms with Gasteiger partial charge in [0.15, 0.2) is 0 Å². The van der Waals surface area contributed by atoms with Gasteiger partial charge < -0.3 is 15.2 Å². The molecule has 0 saturated carbocycles. The van der Waals surface area contributed by atoms with Crippen molar-refractivity contribution >= 4 is 29.2 Å². The molecule has 3 rings (SSSR count). The summed E-state index contributed by atoms with van der Waals surface area (Å²) < 4.78 is 5.45. The highest BCUT2D eigenvalue weighted by Crippen LogP contribution is 2.34. The Balaban J connectivity index is 1.91. The Morgan fingerprint density at radius 2 is 1.62 bits per heavy atom. The van der Waals surface area contributed by atoms with Crippen molar-refractivity contribution in [2.45, 2.75) is 33.1 Å². The molecule has 0 atom stereocenters. The van der Waals surface area contributed by atoms with Gasteiger partial charge in [0.25, 0.3) is 5.91 Å². The van der Waals surface area contributed by atoms with Crippen molar-refractivity contribution in [1.29, 1.82) is 0 Å². The first-order chi connectivity index (χ1) is 15.1. The van der Waals surface area contributed by atoms with E-state index in [0.717, 1.165) is 11.1 Å². The second-order valence-electron chi connectivity index (χ2n) is 8.42. The van der Waals surface area contributed by atoms with E-state index in [-0.39, 0.29) is 16.7 Å². The summed E-state index contributed by atoms with van der Waals surface area (Å²) in [6, 6.07) is 17.4. The minimum Gasteiger partial charge on any atom is -0.494 e. The van der Waals surface area contributed by atoms with Crippen molar-refractivity contribution in [1.82, 2.24) is 0 Å². The summed E-state index contributed by atoms with van der Waals surface area (Å²) in [7, 11) is 0. The van der Waals surface area contributed by atoms with Crippen LogP contribution in [0.5, 0.6) is 5.75 Å². The van der Waals surface area contributed by atoms with E-state index in [4.69, 9.17) is 16.3 Å². The van der Waals surface area contributed by atoms with Gasteiger partial charge in [-0.2, -0.15) is 0 Å². The number of amides is 1. The number of rotatable bonds is 6. The van der Waals surface area contributed by atoms with Crippen molar-refractivity contribution in [2.75, 3.05) is 11.9 Å². The lowest BCUT2D eigenvalue weighted by atomic mass is 9.86. The van der Waals surface area contributed by atoms with Crippen LogP contribution < -0.4 is 10.1 Å². The van der Waals surface area contributed by atoms with E-state index in [1.807, 2.05) is 31.2 Å². The molecule has 0 unspecified atom stereocenters. The summed E-state index contributed by atoms with van der Waals surface area (Å²) in [6.07, 6.45) is 0. The number of carboxylic acid groups (broad SMARTS) is 1. The van der Waals surface area contributed by atoms with Crippen LogP contribution in [0.2, 0.25) is 5.02 Å². The number of anilines is 1. The Morgan fingerprint density at radius 1 is 1.00 bits per heavy atom. The first kappa shape index (κ1) is 23.4. The second kappa shape index (κ2) is 9.45. The average Bonchev–Trinajstić information content (AvgIpc) is 2.74. The molecule has 0 radical (unpaired) electrons. The lowest BCUT2D eigenvalue weighted by molar-refractivity contribution is 0.0698. The van der Waals surface area contributed by atoms with Crippen molar-refractivity contribution < 1.29 is 19.4 Å². The minimum atomic E-state index is -1.16. The number of carbonyl (C=O) groups excluding carboxylic acids is 1. The van der Waals surface area contributed by atoms with Gasteiger partial charge in [0.05, 0.1) is 22.9 Å². The maximum absolute atomic E-state index is 12.8. The Labute approximate surface area is 193 Å². The third kappa shape index (κ3) is 5.29. The molecule has 0 fully saturated rings. The van der Waals surface area contributed by atoms with Crippen molar-refractivity contribution in [3.05, 3.63) is 82.4 Å². The van der Waals surface area contributed by atoms with Gasteiger partial charge in [-0.25, -0.2) is 4.79 Å². The predicted octanol–water partition coefficient (Wildman–Crippen LogP) is 6.65. The lowest BCUT2D eigenvalue weighted by Crippen LogP contribution is -2.16. The maximum atomic E-state index is 12.8. The van der Waals surface area contributed by atoms with Crippen LogP contribution in [0.15, 0.2) is 60.7 Å². The highest BCUT2D eigenvalue weighted by molar-refractivity contribution is 6.34. The first-order valence-corrected chi connectivity index (χ1v) is 10.7. The topological polar surface area (TPSA) is 75.6 Å². The average molecular weight is 452 g/mol. The number of carboxylic acids is 1. The molecule has 0 aromatic heterocycles. The fraction of sp³-hybridized carbons (Fsp3) is 0.231. The number of benzene rings is 3. The zero-order valence-corrected chi connectivity index (χ0v) is 19.3. The molecule has 0 heterocycles. The van der Waals surface area contributed by atoms with Gasteiger partial charge in [-0.15, -0.1) is 0 Å². The van der Waals surface area contributed by atoms with E-state index in [2.05, 4.69) is 26.1 Å². The first-order valence-electron chi connectivity index (χ1n) is 10.3. The molecule has 32 heavy (non-hydrogen) atoms. The highest BCUT2D eigenvalue weighted by Gasteiger charge is 2.19. The summed E-state index contributed by atoms with van der Waals surface area (Å²) in [5.74, 6) is -0.850. The zero-order chi connectivity index (χ0) is 23.5. The molecule has 0 aliphatic heterocycles. The number of ether oxygens (including phenoxy) is 1. The third-order valence-corrected chi connectivity index (χ3v) is 5.39. The van der Waals surface area contributed by atoms with Gasteiger partial charge in [0, 0.05) is 11.1 Å². The summed E-state index contributed by atoms with van der Waals surface area (Å²) in [6.45, 7) is 8.73. The molecule has 0 saturated heterocycles. The van der Waals surface area contributed by atoms with Crippen LogP contribution in [0.1, 0.15) is 54.0 Å². The third-order valence-electron chi connectivity index (χ3n) is 5.08. The number of hydrogen-bond donors (Lipinski definition) is 2. The number of aromatic carboxylic acids is 1. The second-order valence-corrected chi connectivity index (χ2v) is 8.83. The molecule has 3 aromatic carbocycles. The minimum absolute atomic E-state index is 0.0320. The molecule has 5 nitrogen and oxygen atoms in total. The Kier molecular flexibility index (Phi) is 6.90. The molecule has 0 bridgehead atoms. The molecular weight excluding hydrogens is 426 g/mol. The molecular formula is C26H26ClNO4. The predicted molar refractivity (Wildman–Crippen MR) is 128 cm³/mol. The fourth-order valence-corrected chi connectivity index (χ4v) is 3.56. The molecule has 2 N–H and O–H groups in total. The summed E-state index contributed by atoms with van der Waals surface area (Å²) >= 11 is 6.47. The zero-order valence-electron chi connectivity index (χ0n) is 18.5. The summed E-state index contributed by atoms with van der Waals surface area (Å²) in [5, 5.41) is 12.8. The molecule has 6 heteroatoms. The SMILES string of the molecule is CCOc1ccc(-c2cc(C(=O)O)c(NC(=O)c3ccc(C(C)(C)C)cc3)cc2Cl)cc1. The van der Waals surface area contributed by atoms with E-state index in [1.54, 1.807) is 24.3 Å². The molecule has 0 spiro atoms. The number of hydrogen-bond acceptors (Lipinski definition) is 3. The van der Waals surface area contributed by atoms with Gasteiger partial charge in [0.1, 0.15) is 5.75 Å². The molecule has 1 amide bonds. The van der Waals surface area contributed by atoms with Crippen LogP contribution in [0.25, 0.3) is 11.1 Å². The fourth-order valence-electron chi connectivity index (χ4n) is 3.29. The quantitative estimate of drug-likeness (QED) is 0.439. The lowest BCUT2D eigenvalue weighted by Gasteiger charge is -2.19. The van der Waals surface area contributed by atoms with E-state index in [0.29, 0.717) is 28.5 Å². The largest absolute Gasteiger partial charge is 0.494 e. The Hall–Kier alpha value is -3.31. The van der Waals surface area contributed by atoms with E-state index in [1.165, 1.54) is 12.1 Å². The molecule has 0 aliphatic rings.